The van der Waals surface area contributed by atoms with Gasteiger partial charge in [-0.2, -0.15) is 0 Å². The molecule has 1 fully saturated rings. The summed E-state index contributed by atoms with van der Waals surface area (Å²) in [6.07, 6.45) is 1.79. The Kier molecular flexibility index (Phi) is 4.56. The standard InChI is InChI=1S/C11H23N3O2/c1-11(2,3)16-10(15)14(12-4)9-6-5-7-13-8-9/h9,12-13H,5-8H2,1-4H3. The number of nitrogens with one attached hydrogen (secondary N) is 2. The Morgan fingerprint density at radius 2 is 2.19 bits per heavy atom. The van der Waals surface area contributed by atoms with E-state index < -0.39 is 5.60 Å². The van der Waals surface area contributed by atoms with E-state index in [1.807, 2.05) is 20.8 Å². The summed E-state index contributed by atoms with van der Waals surface area (Å²) in [7, 11) is 1.75. The molecule has 0 aromatic heterocycles. The maximum atomic E-state index is 11.9. The molecule has 1 heterocycles. The Morgan fingerprint density at radius 1 is 1.50 bits per heavy atom. The number of carbonyl (C=O) groups is 1. The van der Waals surface area contributed by atoms with Crippen LogP contribution < -0.4 is 10.7 Å². The van der Waals surface area contributed by atoms with Gasteiger partial charge < -0.3 is 10.1 Å². The number of carbonyl (C=O) groups excluding carboxylic acids is 1. The zero-order valence-corrected chi connectivity index (χ0v) is 10.7. The van der Waals surface area contributed by atoms with Crippen molar-refractivity contribution in [2.24, 2.45) is 0 Å². The van der Waals surface area contributed by atoms with Crippen molar-refractivity contribution in [2.75, 3.05) is 20.1 Å². The average Bonchev–Trinajstić information content (AvgIpc) is 2.17. The molecular weight excluding hydrogens is 206 g/mol. The number of amides is 1. The van der Waals surface area contributed by atoms with Crippen molar-refractivity contribution in [1.82, 2.24) is 15.8 Å². The zero-order chi connectivity index (χ0) is 12.2. The maximum Gasteiger partial charge on any atom is 0.425 e. The molecule has 0 bridgehead atoms. The van der Waals surface area contributed by atoms with Gasteiger partial charge in [0.1, 0.15) is 5.60 Å². The van der Waals surface area contributed by atoms with Gasteiger partial charge in [-0.15, -0.1) is 0 Å². The molecule has 0 radical (unpaired) electrons. The van der Waals surface area contributed by atoms with Crippen molar-refractivity contribution < 1.29 is 9.53 Å². The van der Waals surface area contributed by atoms with E-state index in [-0.39, 0.29) is 12.1 Å². The quantitative estimate of drug-likeness (QED) is 0.696. The summed E-state index contributed by atoms with van der Waals surface area (Å²) in [6.45, 7) is 7.47. The first-order valence-electron chi connectivity index (χ1n) is 5.84. The summed E-state index contributed by atoms with van der Waals surface area (Å²) >= 11 is 0. The van der Waals surface area contributed by atoms with Gasteiger partial charge in [0.15, 0.2) is 0 Å². The second-order valence-electron chi connectivity index (χ2n) is 5.07. The Morgan fingerprint density at radius 3 is 2.62 bits per heavy atom. The summed E-state index contributed by atoms with van der Waals surface area (Å²) in [4.78, 5) is 11.9. The van der Waals surface area contributed by atoms with Crippen LogP contribution in [0.3, 0.4) is 0 Å². The molecule has 0 spiro atoms. The summed E-state index contributed by atoms with van der Waals surface area (Å²) in [5.41, 5.74) is 2.46. The molecule has 1 aliphatic rings. The van der Waals surface area contributed by atoms with Crippen LogP contribution in [0.25, 0.3) is 0 Å². The van der Waals surface area contributed by atoms with Crippen molar-refractivity contribution >= 4 is 6.09 Å². The van der Waals surface area contributed by atoms with Gasteiger partial charge in [-0.3, -0.25) is 0 Å². The SMILES string of the molecule is CNN(C(=O)OC(C)(C)C)C1CCCNC1. The van der Waals surface area contributed by atoms with Gasteiger partial charge in [0.05, 0.1) is 6.04 Å². The first-order valence-corrected chi connectivity index (χ1v) is 5.84. The molecule has 5 heteroatoms. The lowest BCUT2D eigenvalue weighted by molar-refractivity contribution is 0.00166. The van der Waals surface area contributed by atoms with E-state index in [0.29, 0.717) is 0 Å². The molecule has 0 aromatic rings. The minimum Gasteiger partial charge on any atom is -0.443 e. The predicted octanol–water partition coefficient (Wildman–Crippen LogP) is 1.11. The highest BCUT2D eigenvalue weighted by atomic mass is 16.6. The fourth-order valence-corrected chi connectivity index (χ4v) is 1.79. The van der Waals surface area contributed by atoms with E-state index in [2.05, 4.69) is 10.7 Å². The lowest BCUT2D eigenvalue weighted by Crippen LogP contribution is -2.54. The van der Waals surface area contributed by atoms with Crippen molar-refractivity contribution in [2.45, 2.75) is 45.3 Å². The monoisotopic (exact) mass is 229 g/mol. The second kappa shape index (κ2) is 5.50. The third-order valence-corrected chi connectivity index (χ3v) is 2.47. The van der Waals surface area contributed by atoms with E-state index in [1.54, 1.807) is 12.1 Å². The van der Waals surface area contributed by atoms with Crippen LogP contribution in [0.2, 0.25) is 0 Å². The first kappa shape index (κ1) is 13.3. The third kappa shape index (κ3) is 3.98. The largest absolute Gasteiger partial charge is 0.443 e. The number of hydrazine groups is 1. The molecule has 94 valence electrons. The van der Waals surface area contributed by atoms with Gasteiger partial charge in [0.25, 0.3) is 0 Å². The molecule has 1 amide bonds. The highest BCUT2D eigenvalue weighted by molar-refractivity contribution is 5.68. The van der Waals surface area contributed by atoms with Crippen molar-refractivity contribution in [3.05, 3.63) is 0 Å². The molecule has 0 aromatic carbocycles. The molecule has 0 aliphatic carbocycles. The number of nitrogens with zero attached hydrogens (tertiary/aromatic N) is 1. The number of rotatable bonds is 2. The highest BCUT2D eigenvalue weighted by Crippen LogP contribution is 2.13. The fourth-order valence-electron chi connectivity index (χ4n) is 1.79. The second-order valence-corrected chi connectivity index (χ2v) is 5.07. The predicted molar refractivity (Wildman–Crippen MR) is 63.0 cm³/mol. The fraction of sp³-hybridized carbons (Fsp3) is 0.909. The van der Waals surface area contributed by atoms with Crippen LogP contribution in [-0.2, 0) is 4.74 Å². The van der Waals surface area contributed by atoms with Crippen molar-refractivity contribution in [1.29, 1.82) is 0 Å². The molecule has 0 saturated carbocycles. The van der Waals surface area contributed by atoms with Gasteiger partial charge in [-0.1, -0.05) is 0 Å². The molecule has 1 rings (SSSR count). The Labute approximate surface area is 97.5 Å². The third-order valence-electron chi connectivity index (χ3n) is 2.47. The summed E-state index contributed by atoms with van der Waals surface area (Å²) in [5, 5.41) is 4.86. The Hall–Kier alpha value is -0.810. The number of piperidine rings is 1. The number of ether oxygens (including phenoxy) is 1. The van der Waals surface area contributed by atoms with Crippen LogP contribution in [0.4, 0.5) is 4.79 Å². The Bertz CT molecular complexity index is 232. The molecule has 1 atom stereocenters. The van der Waals surface area contributed by atoms with Gasteiger partial charge in [0.2, 0.25) is 0 Å². The van der Waals surface area contributed by atoms with E-state index >= 15 is 0 Å². The summed E-state index contributed by atoms with van der Waals surface area (Å²) in [6, 6.07) is 0.175. The average molecular weight is 229 g/mol. The topological polar surface area (TPSA) is 53.6 Å². The van der Waals surface area contributed by atoms with E-state index in [4.69, 9.17) is 4.74 Å². The number of hydrogen-bond donors (Lipinski definition) is 2. The van der Waals surface area contributed by atoms with Gasteiger partial charge in [-0.05, 0) is 40.2 Å². The van der Waals surface area contributed by atoms with Crippen molar-refractivity contribution in [3.8, 4) is 0 Å². The molecule has 5 nitrogen and oxygen atoms in total. The molecule has 1 saturated heterocycles. The van der Waals surface area contributed by atoms with Crippen LogP contribution in [0.1, 0.15) is 33.6 Å². The molecule has 1 unspecified atom stereocenters. The van der Waals surface area contributed by atoms with Crippen LogP contribution >= 0.6 is 0 Å². The van der Waals surface area contributed by atoms with E-state index in [0.717, 1.165) is 25.9 Å². The Balaban J connectivity index is 2.55. The lowest BCUT2D eigenvalue weighted by Gasteiger charge is -2.34. The van der Waals surface area contributed by atoms with E-state index in [9.17, 15) is 4.79 Å². The number of hydrogen-bond acceptors (Lipinski definition) is 4. The van der Waals surface area contributed by atoms with E-state index in [1.165, 1.54) is 0 Å². The first-order chi connectivity index (χ1) is 7.44. The van der Waals surface area contributed by atoms with Gasteiger partial charge in [0, 0.05) is 13.6 Å². The van der Waals surface area contributed by atoms with Gasteiger partial charge >= 0.3 is 6.09 Å². The van der Waals surface area contributed by atoms with Crippen molar-refractivity contribution in [3.63, 3.8) is 0 Å². The summed E-state index contributed by atoms with van der Waals surface area (Å²) in [5.74, 6) is 0. The lowest BCUT2D eigenvalue weighted by atomic mass is 10.1. The zero-order valence-electron chi connectivity index (χ0n) is 10.7. The van der Waals surface area contributed by atoms with Crippen LogP contribution in [0, 0.1) is 0 Å². The van der Waals surface area contributed by atoms with Crippen LogP contribution in [0.15, 0.2) is 0 Å². The maximum absolute atomic E-state index is 11.9. The minimum atomic E-state index is -0.450. The van der Waals surface area contributed by atoms with Crippen LogP contribution in [0.5, 0.6) is 0 Å². The highest BCUT2D eigenvalue weighted by Gasteiger charge is 2.28. The van der Waals surface area contributed by atoms with Crippen LogP contribution in [-0.4, -0.2) is 42.9 Å². The molecule has 16 heavy (non-hydrogen) atoms. The molecule has 1 aliphatic heterocycles. The molecular formula is C11H23N3O2. The van der Waals surface area contributed by atoms with Gasteiger partial charge in [-0.25, -0.2) is 15.2 Å². The summed E-state index contributed by atoms with van der Waals surface area (Å²) < 4.78 is 5.34. The minimum absolute atomic E-state index is 0.175. The normalized spacial score (nSPS) is 21.6. The molecule has 2 N–H and O–H groups in total. The smallest absolute Gasteiger partial charge is 0.425 e.